The van der Waals surface area contributed by atoms with Crippen LogP contribution in [0.4, 0.5) is 0 Å². The highest BCUT2D eigenvalue weighted by molar-refractivity contribution is 5.79. The van der Waals surface area contributed by atoms with Crippen LogP contribution in [-0.4, -0.2) is 41.8 Å². The summed E-state index contributed by atoms with van der Waals surface area (Å²) in [5.41, 5.74) is 1.80. The van der Waals surface area contributed by atoms with E-state index in [1.54, 1.807) is 20.4 Å². The number of aliphatic imine (C=N–C) groups is 1. The van der Waals surface area contributed by atoms with Crippen LogP contribution in [0.3, 0.4) is 0 Å². The Bertz CT molecular complexity index is 861. The predicted molar refractivity (Wildman–Crippen MR) is 102 cm³/mol. The lowest BCUT2D eigenvalue weighted by Crippen LogP contribution is -2.37. The van der Waals surface area contributed by atoms with E-state index in [0.29, 0.717) is 42.9 Å². The first-order valence-electron chi connectivity index (χ1n) is 8.60. The molecule has 8 heteroatoms. The lowest BCUT2D eigenvalue weighted by Gasteiger charge is -2.11. The first-order chi connectivity index (χ1) is 13.3. The van der Waals surface area contributed by atoms with Gasteiger partial charge < -0.3 is 19.9 Å². The number of nitrogens with one attached hydrogen (secondary N) is 2. The van der Waals surface area contributed by atoms with Crippen LogP contribution >= 0.6 is 0 Å². The van der Waals surface area contributed by atoms with Gasteiger partial charge in [-0.2, -0.15) is 4.98 Å². The Hall–Kier alpha value is -3.42. The van der Waals surface area contributed by atoms with Crippen molar-refractivity contribution in [1.29, 1.82) is 0 Å². The van der Waals surface area contributed by atoms with Gasteiger partial charge in [-0.25, -0.2) is 0 Å². The molecule has 0 radical (unpaired) electrons. The molecule has 8 nitrogen and oxygen atoms in total. The number of nitrogens with zero attached hydrogens (tertiary/aromatic N) is 4. The van der Waals surface area contributed by atoms with Gasteiger partial charge in [-0.15, -0.1) is 0 Å². The second kappa shape index (κ2) is 9.33. The summed E-state index contributed by atoms with van der Waals surface area (Å²) in [6.45, 7) is 1.29. The van der Waals surface area contributed by atoms with Crippen LogP contribution in [0, 0.1) is 0 Å². The molecule has 3 aromatic rings. The molecule has 0 saturated carbocycles. The Morgan fingerprint density at radius 3 is 2.70 bits per heavy atom. The molecule has 0 fully saturated rings. The van der Waals surface area contributed by atoms with Crippen molar-refractivity contribution >= 4 is 5.96 Å². The third-order valence-corrected chi connectivity index (χ3v) is 3.84. The van der Waals surface area contributed by atoms with Gasteiger partial charge in [0, 0.05) is 32.8 Å². The van der Waals surface area contributed by atoms with Crippen LogP contribution in [0.5, 0.6) is 5.75 Å². The highest BCUT2D eigenvalue weighted by Crippen LogP contribution is 2.13. The molecule has 0 saturated heterocycles. The number of hydrogen-bond donors (Lipinski definition) is 2. The summed E-state index contributed by atoms with van der Waals surface area (Å²) in [5.74, 6) is 2.59. The standard InChI is InChI=1S/C19H22N6O2/c1-20-19(23-13-14-6-8-15(26-2)9-7-14)22-12-10-17-24-18(27-25-17)16-5-3-4-11-21-16/h3-9,11H,10,12-13H2,1-2H3,(H2,20,22,23). The number of hydrogen-bond acceptors (Lipinski definition) is 6. The van der Waals surface area contributed by atoms with E-state index < -0.39 is 0 Å². The molecule has 0 amide bonds. The molecule has 2 aromatic heterocycles. The molecule has 140 valence electrons. The maximum absolute atomic E-state index is 5.25. The SMILES string of the molecule is CN=C(NCCc1noc(-c2ccccn2)n1)NCc1ccc(OC)cc1. The van der Waals surface area contributed by atoms with Crippen molar-refractivity contribution in [3.05, 3.63) is 60.0 Å². The largest absolute Gasteiger partial charge is 0.497 e. The third-order valence-electron chi connectivity index (χ3n) is 3.84. The quantitative estimate of drug-likeness (QED) is 0.488. The number of aromatic nitrogens is 3. The summed E-state index contributed by atoms with van der Waals surface area (Å²) in [4.78, 5) is 12.8. The van der Waals surface area contributed by atoms with Crippen molar-refractivity contribution in [3.63, 3.8) is 0 Å². The fourth-order valence-corrected chi connectivity index (χ4v) is 2.39. The molecule has 0 aliphatic carbocycles. The van der Waals surface area contributed by atoms with Gasteiger partial charge in [0.25, 0.3) is 5.89 Å². The molecule has 2 N–H and O–H groups in total. The Labute approximate surface area is 157 Å². The number of ether oxygens (including phenoxy) is 1. The van der Waals surface area contributed by atoms with Crippen LogP contribution < -0.4 is 15.4 Å². The van der Waals surface area contributed by atoms with Gasteiger partial charge in [0.15, 0.2) is 11.8 Å². The molecular formula is C19H22N6O2. The van der Waals surface area contributed by atoms with E-state index in [1.807, 2.05) is 42.5 Å². The minimum atomic E-state index is 0.424. The van der Waals surface area contributed by atoms with Crippen molar-refractivity contribution in [2.75, 3.05) is 20.7 Å². The van der Waals surface area contributed by atoms with E-state index in [1.165, 1.54) is 0 Å². The second-order valence-electron chi connectivity index (χ2n) is 5.68. The fraction of sp³-hybridized carbons (Fsp3) is 0.263. The molecule has 27 heavy (non-hydrogen) atoms. The van der Waals surface area contributed by atoms with Crippen molar-refractivity contribution in [2.45, 2.75) is 13.0 Å². The Balaban J connectivity index is 1.45. The molecule has 2 heterocycles. The average molecular weight is 366 g/mol. The van der Waals surface area contributed by atoms with E-state index in [2.05, 4.69) is 30.8 Å². The fourth-order valence-electron chi connectivity index (χ4n) is 2.39. The van der Waals surface area contributed by atoms with Crippen LogP contribution in [0.15, 0.2) is 58.2 Å². The molecule has 0 aliphatic heterocycles. The lowest BCUT2D eigenvalue weighted by atomic mass is 10.2. The number of guanidine groups is 1. The number of benzene rings is 1. The van der Waals surface area contributed by atoms with Gasteiger partial charge >= 0.3 is 0 Å². The summed E-state index contributed by atoms with van der Waals surface area (Å²) in [7, 11) is 3.39. The lowest BCUT2D eigenvalue weighted by molar-refractivity contribution is 0.414. The van der Waals surface area contributed by atoms with Crippen molar-refractivity contribution < 1.29 is 9.26 Å². The second-order valence-corrected chi connectivity index (χ2v) is 5.68. The van der Waals surface area contributed by atoms with E-state index in [9.17, 15) is 0 Å². The average Bonchev–Trinajstić information content (AvgIpc) is 3.20. The minimum Gasteiger partial charge on any atom is -0.497 e. The molecule has 0 unspecified atom stereocenters. The maximum Gasteiger partial charge on any atom is 0.276 e. The van der Waals surface area contributed by atoms with E-state index in [-0.39, 0.29) is 0 Å². The van der Waals surface area contributed by atoms with Gasteiger partial charge in [-0.1, -0.05) is 23.4 Å². The van der Waals surface area contributed by atoms with Crippen LogP contribution in [0.1, 0.15) is 11.4 Å². The highest BCUT2D eigenvalue weighted by Gasteiger charge is 2.09. The van der Waals surface area contributed by atoms with E-state index in [4.69, 9.17) is 9.26 Å². The normalized spacial score (nSPS) is 11.3. The van der Waals surface area contributed by atoms with Crippen molar-refractivity contribution in [3.8, 4) is 17.3 Å². The summed E-state index contributed by atoms with van der Waals surface area (Å²) >= 11 is 0. The zero-order chi connectivity index (χ0) is 18.9. The van der Waals surface area contributed by atoms with Gasteiger partial charge in [0.2, 0.25) is 0 Å². The maximum atomic E-state index is 5.25. The van der Waals surface area contributed by atoms with Gasteiger partial charge in [-0.05, 0) is 29.8 Å². The smallest absolute Gasteiger partial charge is 0.276 e. The molecule has 1 aromatic carbocycles. The molecule has 0 bridgehead atoms. The van der Waals surface area contributed by atoms with E-state index >= 15 is 0 Å². The summed E-state index contributed by atoms with van der Waals surface area (Å²) in [6.07, 6.45) is 2.30. The number of pyridine rings is 1. The number of methoxy groups -OCH3 is 1. The topological polar surface area (TPSA) is 97.5 Å². The van der Waals surface area contributed by atoms with Crippen LogP contribution in [0.2, 0.25) is 0 Å². The first kappa shape index (κ1) is 18.4. The van der Waals surface area contributed by atoms with Crippen LogP contribution in [-0.2, 0) is 13.0 Å². The minimum absolute atomic E-state index is 0.424. The molecule has 0 aliphatic rings. The van der Waals surface area contributed by atoms with E-state index in [0.717, 1.165) is 11.3 Å². The Morgan fingerprint density at radius 2 is 2.00 bits per heavy atom. The summed E-state index contributed by atoms with van der Waals surface area (Å²) in [6, 6.07) is 13.4. The Morgan fingerprint density at radius 1 is 1.15 bits per heavy atom. The molecular weight excluding hydrogens is 344 g/mol. The molecule has 0 spiro atoms. The number of rotatable bonds is 7. The highest BCUT2D eigenvalue weighted by atomic mass is 16.5. The van der Waals surface area contributed by atoms with Gasteiger partial charge in [-0.3, -0.25) is 9.98 Å². The molecule has 3 rings (SSSR count). The third kappa shape index (κ3) is 5.27. The zero-order valence-electron chi connectivity index (χ0n) is 15.3. The van der Waals surface area contributed by atoms with Gasteiger partial charge in [0.1, 0.15) is 11.4 Å². The van der Waals surface area contributed by atoms with Crippen LogP contribution in [0.25, 0.3) is 11.6 Å². The van der Waals surface area contributed by atoms with Crippen molar-refractivity contribution in [1.82, 2.24) is 25.8 Å². The zero-order valence-corrected chi connectivity index (χ0v) is 15.3. The Kier molecular flexibility index (Phi) is 6.35. The predicted octanol–water partition coefficient (Wildman–Crippen LogP) is 2.05. The summed E-state index contributed by atoms with van der Waals surface area (Å²) < 4.78 is 10.4. The van der Waals surface area contributed by atoms with Crippen molar-refractivity contribution in [2.24, 2.45) is 4.99 Å². The first-order valence-corrected chi connectivity index (χ1v) is 8.60. The monoisotopic (exact) mass is 366 g/mol. The summed E-state index contributed by atoms with van der Waals surface area (Å²) in [5, 5.41) is 10.5. The van der Waals surface area contributed by atoms with Gasteiger partial charge in [0.05, 0.1) is 7.11 Å². The molecule has 0 atom stereocenters.